The van der Waals surface area contributed by atoms with Gasteiger partial charge in [0.1, 0.15) is 12.4 Å². The summed E-state index contributed by atoms with van der Waals surface area (Å²) < 4.78 is 7.51. The summed E-state index contributed by atoms with van der Waals surface area (Å²) in [5.41, 5.74) is -0.194. The van der Waals surface area contributed by atoms with Crippen molar-refractivity contribution in [3.8, 4) is 0 Å². The molecule has 0 atom stereocenters. The molecule has 0 aliphatic carbocycles. The first-order valence-electron chi connectivity index (χ1n) is 8.62. The highest BCUT2D eigenvalue weighted by Crippen LogP contribution is 2.10. The molecule has 0 unspecified atom stereocenters. The zero-order chi connectivity index (χ0) is 17.4. The second-order valence-corrected chi connectivity index (χ2v) is 6.06. The number of nitrogens with one attached hydrogen (secondary N) is 1. The van der Waals surface area contributed by atoms with Gasteiger partial charge in [-0.1, -0.05) is 12.8 Å². The van der Waals surface area contributed by atoms with Gasteiger partial charge in [-0.05, 0) is 25.7 Å². The monoisotopic (exact) mass is 338 g/mol. The Bertz CT molecular complexity index is 620. The Morgan fingerprint density at radius 1 is 1.21 bits per heavy atom. The predicted molar refractivity (Wildman–Crippen MR) is 87.5 cm³/mol. The molecule has 2 heterocycles. The number of aromatic nitrogens is 3. The van der Waals surface area contributed by atoms with Gasteiger partial charge in [-0.2, -0.15) is 5.10 Å². The molecule has 24 heavy (non-hydrogen) atoms. The summed E-state index contributed by atoms with van der Waals surface area (Å²) in [6.45, 7) is 1.18. The average molecular weight is 338 g/mol. The number of aryl methyl sites for hydroxylation is 1. The Labute approximate surface area is 141 Å². The number of methoxy groups -OCH3 is 1. The van der Waals surface area contributed by atoms with Gasteiger partial charge in [-0.15, -0.1) is 0 Å². The van der Waals surface area contributed by atoms with Crippen LogP contribution >= 0.6 is 0 Å². The van der Waals surface area contributed by atoms with Gasteiger partial charge in [-0.25, -0.2) is 9.48 Å². The fraction of sp³-hybridized carbons (Fsp3) is 0.750. The largest absolute Gasteiger partial charge is 0.469 e. The number of rotatable bonds is 8. The minimum Gasteiger partial charge on any atom is -0.469 e. The van der Waals surface area contributed by atoms with Crippen LogP contribution in [-0.4, -0.2) is 39.9 Å². The summed E-state index contributed by atoms with van der Waals surface area (Å²) >= 11 is 0. The number of hydrogen-bond acceptors (Lipinski definition) is 5. The van der Waals surface area contributed by atoms with Crippen molar-refractivity contribution in [3.63, 3.8) is 0 Å². The SMILES string of the molecule is COC(=O)CCCCCNC(=O)Cn1nc2n(c1=O)CCCCC2. The predicted octanol–water partition coefficient (Wildman–Crippen LogP) is 0.621. The van der Waals surface area contributed by atoms with E-state index >= 15 is 0 Å². The molecular formula is C16H26N4O4. The van der Waals surface area contributed by atoms with Crippen LogP contribution in [-0.2, 0) is 33.8 Å². The van der Waals surface area contributed by atoms with E-state index in [1.54, 1.807) is 4.57 Å². The fourth-order valence-electron chi connectivity index (χ4n) is 2.82. The van der Waals surface area contributed by atoms with Gasteiger partial charge in [0, 0.05) is 25.9 Å². The number of ether oxygens (including phenoxy) is 1. The number of fused-ring (bicyclic) bond motifs is 1. The third-order valence-corrected chi connectivity index (χ3v) is 4.18. The van der Waals surface area contributed by atoms with E-state index in [-0.39, 0.29) is 24.1 Å². The van der Waals surface area contributed by atoms with Crippen molar-refractivity contribution in [3.05, 3.63) is 16.3 Å². The molecule has 8 heteroatoms. The molecule has 1 aromatic rings. The van der Waals surface area contributed by atoms with Crippen LogP contribution in [0, 0.1) is 0 Å². The molecule has 0 spiro atoms. The maximum Gasteiger partial charge on any atom is 0.346 e. The summed E-state index contributed by atoms with van der Waals surface area (Å²) in [6.07, 6.45) is 6.70. The van der Waals surface area contributed by atoms with Crippen molar-refractivity contribution in [1.82, 2.24) is 19.7 Å². The van der Waals surface area contributed by atoms with E-state index in [0.29, 0.717) is 19.5 Å². The van der Waals surface area contributed by atoms with Crippen molar-refractivity contribution >= 4 is 11.9 Å². The van der Waals surface area contributed by atoms with Crippen LogP contribution in [0.2, 0.25) is 0 Å². The lowest BCUT2D eigenvalue weighted by molar-refractivity contribution is -0.140. The van der Waals surface area contributed by atoms with Crippen LogP contribution in [0.25, 0.3) is 0 Å². The quantitative estimate of drug-likeness (QED) is 0.554. The topological polar surface area (TPSA) is 95.2 Å². The first-order chi connectivity index (χ1) is 11.6. The number of hydrogen-bond donors (Lipinski definition) is 1. The Kier molecular flexibility index (Phi) is 7.02. The van der Waals surface area contributed by atoms with Gasteiger partial charge >= 0.3 is 11.7 Å². The Morgan fingerprint density at radius 3 is 2.83 bits per heavy atom. The van der Waals surface area contributed by atoms with Crippen molar-refractivity contribution in [2.24, 2.45) is 0 Å². The van der Waals surface area contributed by atoms with Crippen LogP contribution in [0.4, 0.5) is 0 Å². The van der Waals surface area contributed by atoms with Crippen molar-refractivity contribution < 1.29 is 14.3 Å². The van der Waals surface area contributed by atoms with E-state index in [1.807, 2.05) is 0 Å². The molecule has 1 aliphatic rings. The average Bonchev–Trinajstić information content (AvgIpc) is 2.75. The van der Waals surface area contributed by atoms with Gasteiger partial charge < -0.3 is 10.1 Å². The lowest BCUT2D eigenvalue weighted by Crippen LogP contribution is -2.34. The molecule has 0 radical (unpaired) electrons. The number of amides is 1. The van der Waals surface area contributed by atoms with Gasteiger partial charge in [0.15, 0.2) is 0 Å². The van der Waals surface area contributed by atoms with Crippen molar-refractivity contribution in [1.29, 1.82) is 0 Å². The molecule has 0 bridgehead atoms. The Morgan fingerprint density at radius 2 is 2.04 bits per heavy atom. The van der Waals surface area contributed by atoms with Gasteiger partial charge in [0.2, 0.25) is 5.91 Å². The van der Waals surface area contributed by atoms with E-state index < -0.39 is 0 Å². The molecule has 1 aliphatic heterocycles. The van der Waals surface area contributed by atoms with E-state index in [1.165, 1.54) is 11.8 Å². The maximum absolute atomic E-state index is 12.2. The molecule has 134 valence electrons. The molecule has 0 aromatic carbocycles. The lowest BCUT2D eigenvalue weighted by Gasteiger charge is -2.05. The Hall–Kier alpha value is -2.12. The number of unbranched alkanes of at least 4 members (excludes halogenated alkanes) is 2. The van der Waals surface area contributed by atoms with Crippen LogP contribution in [0.3, 0.4) is 0 Å². The van der Waals surface area contributed by atoms with Crippen molar-refractivity contribution in [2.45, 2.75) is 64.5 Å². The standard InChI is InChI=1S/C16H26N4O4/c1-24-15(22)9-5-2-6-10-17-14(21)12-20-16(23)19-11-7-3-4-8-13(19)18-20/h2-12H2,1H3,(H,17,21). The smallest absolute Gasteiger partial charge is 0.346 e. The molecule has 1 amide bonds. The van der Waals surface area contributed by atoms with E-state index in [0.717, 1.165) is 50.8 Å². The van der Waals surface area contributed by atoms with E-state index in [2.05, 4.69) is 15.2 Å². The number of carbonyl (C=O) groups is 2. The molecule has 0 saturated carbocycles. The van der Waals surface area contributed by atoms with Crippen LogP contribution < -0.4 is 11.0 Å². The highest BCUT2D eigenvalue weighted by Gasteiger charge is 2.16. The van der Waals surface area contributed by atoms with Crippen LogP contribution in [0.1, 0.15) is 50.8 Å². The molecule has 8 nitrogen and oxygen atoms in total. The third kappa shape index (κ3) is 5.21. The van der Waals surface area contributed by atoms with E-state index in [9.17, 15) is 14.4 Å². The molecule has 0 fully saturated rings. The highest BCUT2D eigenvalue weighted by atomic mass is 16.5. The minimum absolute atomic E-state index is 0.0407. The summed E-state index contributed by atoms with van der Waals surface area (Å²) in [5, 5.41) is 7.08. The molecule has 1 aromatic heterocycles. The lowest BCUT2D eigenvalue weighted by atomic mass is 10.2. The van der Waals surface area contributed by atoms with Crippen molar-refractivity contribution in [2.75, 3.05) is 13.7 Å². The molecular weight excluding hydrogens is 312 g/mol. The van der Waals surface area contributed by atoms with Crippen LogP contribution in [0.15, 0.2) is 4.79 Å². The molecule has 0 saturated heterocycles. The molecule has 1 N–H and O–H groups in total. The summed E-state index contributed by atoms with van der Waals surface area (Å²) in [6, 6.07) is 0. The zero-order valence-electron chi connectivity index (χ0n) is 14.3. The summed E-state index contributed by atoms with van der Waals surface area (Å²) in [5.74, 6) is 0.365. The number of esters is 1. The fourth-order valence-corrected chi connectivity index (χ4v) is 2.82. The third-order valence-electron chi connectivity index (χ3n) is 4.18. The van der Waals surface area contributed by atoms with Gasteiger partial charge in [-0.3, -0.25) is 14.2 Å². The summed E-state index contributed by atoms with van der Waals surface area (Å²) in [4.78, 5) is 35.1. The van der Waals surface area contributed by atoms with Crippen LogP contribution in [0.5, 0.6) is 0 Å². The summed E-state index contributed by atoms with van der Waals surface area (Å²) in [7, 11) is 1.37. The normalized spacial score (nSPS) is 13.9. The van der Waals surface area contributed by atoms with E-state index in [4.69, 9.17) is 0 Å². The molecule has 2 rings (SSSR count). The number of carbonyl (C=O) groups excluding carboxylic acids is 2. The minimum atomic E-state index is -0.210. The second kappa shape index (κ2) is 9.24. The van der Waals surface area contributed by atoms with Gasteiger partial charge in [0.05, 0.1) is 7.11 Å². The zero-order valence-corrected chi connectivity index (χ0v) is 14.3. The second-order valence-electron chi connectivity index (χ2n) is 6.06. The number of nitrogens with zero attached hydrogens (tertiary/aromatic N) is 3. The maximum atomic E-state index is 12.2. The highest BCUT2D eigenvalue weighted by molar-refractivity contribution is 5.75. The van der Waals surface area contributed by atoms with Gasteiger partial charge in [0.25, 0.3) is 0 Å². The first kappa shape index (κ1) is 18.2. The Balaban J connectivity index is 1.71. The first-order valence-corrected chi connectivity index (χ1v) is 8.62.